The molecule has 0 heterocycles. The number of aliphatic carboxylic acids is 2. The van der Waals surface area contributed by atoms with Crippen molar-refractivity contribution < 1.29 is 19.8 Å². The number of carbonyl (C=O) groups is 2. The standard InChI is InChI=1S/C4H6O2.2C4H9.C2H4O2.Sn/c1-3(2)4(5)6;2*1-3-4-2;1-2(3)4;/h1H2,2H3,(H,5,6);2*1,3-4H2,2H3;1H3,(H,3,4);/q;;;;+2/p-2. The van der Waals surface area contributed by atoms with Gasteiger partial charge in [-0.3, -0.25) is 0 Å². The van der Waals surface area contributed by atoms with Gasteiger partial charge in [-0.15, -0.1) is 0 Å². The van der Waals surface area contributed by atoms with Gasteiger partial charge in [0.1, 0.15) is 0 Å². The van der Waals surface area contributed by atoms with Crippen molar-refractivity contribution in [2.24, 2.45) is 0 Å². The average molecular weight is 377 g/mol. The van der Waals surface area contributed by atoms with Gasteiger partial charge in [-0.2, -0.15) is 0 Å². The van der Waals surface area contributed by atoms with Crippen molar-refractivity contribution in [2.45, 2.75) is 53.4 Å². The number of unbranched alkanes of at least 4 members (excludes halogenated alkanes) is 2. The van der Waals surface area contributed by atoms with Crippen LogP contribution in [0, 0.1) is 13.8 Å². The molecule has 0 saturated heterocycles. The molecule has 19 heavy (non-hydrogen) atoms. The van der Waals surface area contributed by atoms with E-state index in [4.69, 9.17) is 9.90 Å². The summed E-state index contributed by atoms with van der Waals surface area (Å²) in [6.07, 6.45) is 4.56. The molecule has 0 spiro atoms. The fourth-order valence-corrected chi connectivity index (χ4v) is 0. The van der Waals surface area contributed by atoms with Gasteiger partial charge in [0.15, 0.2) is 0 Å². The minimum Gasteiger partial charge on any atom is -0.550 e. The van der Waals surface area contributed by atoms with Gasteiger partial charge >= 0.3 is 23.9 Å². The van der Waals surface area contributed by atoms with E-state index < -0.39 is 11.9 Å². The molecule has 0 aliphatic carbocycles. The quantitative estimate of drug-likeness (QED) is 0.542. The van der Waals surface area contributed by atoms with E-state index in [1.807, 2.05) is 0 Å². The van der Waals surface area contributed by atoms with Gasteiger partial charge in [0.25, 0.3) is 0 Å². The van der Waals surface area contributed by atoms with Crippen LogP contribution in [0.4, 0.5) is 0 Å². The molecule has 0 aromatic heterocycles. The molecule has 4 radical (unpaired) electrons. The second kappa shape index (κ2) is 30.5. The van der Waals surface area contributed by atoms with E-state index in [2.05, 4.69) is 34.3 Å². The molecule has 0 bridgehead atoms. The first kappa shape index (κ1) is 31.1. The van der Waals surface area contributed by atoms with E-state index in [9.17, 15) is 9.90 Å². The zero-order valence-electron chi connectivity index (χ0n) is 12.6. The molecule has 0 amide bonds. The summed E-state index contributed by atoms with van der Waals surface area (Å²) >= 11 is 0. The molecule has 0 fully saturated rings. The second-order valence-electron chi connectivity index (χ2n) is 3.27. The molecule has 0 saturated carbocycles. The molecule has 4 nitrogen and oxygen atoms in total. The van der Waals surface area contributed by atoms with Crippen LogP contribution in [-0.4, -0.2) is 35.8 Å². The van der Waals surface area contributed by atoms with Crippen molar-refractivity contribution in [3.05, 3.63) is 26.0 Å². The van der Waals surface area contributed by atoms with E-state index in [0.29, 0.717) is 0 Å². The van der Waals surface area contributed by atoms with Crippen molar-refractivity contribution in [1.82, 2.24) is 0 Å². The molecule has 110 valence electrons. The molecule has 0 N–H and O–H groups in total. The van der Waals surface area contributed by atoms with E-state index in [1.54, 1.807) is 0 Å². The SMILES string of the molecule is C=C(C)C(=O)[O-].CC(=O)[O-].[CH2]CCC.[CH2]CCC.[Sn+2]. The number of carboxylic acids is 2. The normalized spacial score (nSPS) is 6.84. The van der Waals surface area contributed by atoms with Crippen molar-refractivity contribution >= 4 is 35.8 Å². The van der Waals surface area contributed by atoms with Crippen LogP contribution in [0.25, 0.3) is 0 Å². The summed E-state index contributed by atoms with van der Waals surface area (Å²) in [5.41, 5.74) is 0.0648. The van der Waals surface area contributed by atoms with Gasteiger partial charge in [0.05, 0.1) is 5.97 Å². The Bertz CT molecular complexity index is 180. The van der Waals surface area contributed by atoms with E-state index in [1.165, 1.54) is 19.8 Å². The Morgan fingerprint density at radius 1 is 0.947 bits per heavy atom. The van der Waals surface area contributed by atoms with Crippen LogP contribution in [0.5, 0.6) is 0 Å². The maximum atomic E-state index is 9.49. The van der Waals surface area contributed by atoms with Crippen LogP contribution in [0.1, 0.15) is 53.4 Å². The van der Waals surface area contributed by atoms with Crippen LogP contribution >= 0.6 is 0 Å². The predicted molar refractivity (Wildman–Crippen MR) is 76.8 cm³/mol. The Morgan fingerprint density at radius 3 is 1.05 bits per heavy atom. The molecule has 0 aromatic rings. The van der Waals surface area contributed by atoms with Gasteiger partial charge in [-0.25, -0.2) is 0 Å². The Hall–Kier alpha value is -0.521. The Labute approximate surface area is 135 Å². The minimum atomic E-state index is -1.19. The van der Waals surface area contributed by atoms with Crippen LogP contribution < -0.4 is 10.2 Å². The summed E-state index contributed by atoms with van der Waals surface area (Å²) in [5.74, 6) is -2.27. The predicted octanol–water partition coefficient (Wildman–Crippen LogP) is 0.929. The van der Waals surface area contributed by atoms with Gasteiger partial charge in [-0.05, 0) is 19.4 Å². The van der Waals surface area contributed by atoms with E-state index in [-0.39, 0.29) is 29.5 Å². The smallest absolute Gasteiger partial charge is 0.550 e. The first-order chi connectivity index (χ1) is 8.20. The summed E-state index contributed by atoms with van der Waals surface area (Å²) in [4.78, 5) is 18.4. The Morgan fingerprint density at radius 2 is 1.05 bits per heavy atom. The van der Waals surface area contributed by atoms with Crippen LogP contribution in [-0.2, 0) is 9.59 Å². The van der Waals surface area contributed by atoms with Crippen LogP contribution in [0.3, 0.4) is 0 Å². The minimum absolute atomic E-state index is 0. The molecule has 0 atom stereocenters. The van der Waals surface area contributed by atoms with Crippen molar-refractivity contribution in [2.75, 3.05) is 0 Å². The summed E-state index contributed by atoms with van der Waals surface area (Å²) in [6.45, 7) is 16.9. The molecular formula is C14H26O4Sn. The number of rotatable bonds is 3. The largest absolute Gasteiger partial charge is 2.00 e. The zero-order chi connectivity index (χ0) is 15.6. The zero-order valence-corrected chi connectivity index (χ0v) is 15.4. The van der Waals surface area contributed by atoms with E-state index >= 15 is 0 Å². The summed E-state index contributed by atoms with van der Waals surface area (Å²) in [7, 11) is 0. The first-order valence-corrected chi connectivity index (χ1v) is 5.83. The number of carbonyl (C=O) groups excluding carboxylic acids is 2. The van der Waals surface area contributed by atoms with Crippen molar-refractivity contribution in [3.8, 4) is 0 Å². The summed E-state index contributed by atoms with van der Waals surface area (Å²) < 4.78 is 0. The Balaban J connectivity index is -0.0000000459. The van der Waals surface area contributed by atoms with Gasteiger partial charge < -0.3 is 19.8 Å². The topological polar surface area (TPSA) is 80.3 Å². The van der Waals surface area contributed by atoms with Gasteiger partial charge in [0, 0.05) is 5.97 Å². The fourth-order valence-electron chi connectivity index (χ4n) is 0. The molecule has 0 aliphatic rings. The monoisotopic (exact) mass is 378 g/mol. The van der Waals surface area contributed by atoms with Crippen LogP contribution in [0.15, 0.2) is 12.2 Å². The molecule has 0 rings (SSSR count). The molecule has 5 heteroatoms. The maximum absolute atomic E-state index is 9.49. The molecular weight excluding hydrogens is 351 g/mol. The number of hydrogen-bond acceptors (Lipinski definition) is 4. The third-order valence-corrected chi connectivity index (χ3v) is 1.06. The third kappa shape index (κ3) is 140. The fraction of sp³-hybridized carbons (Fsp3) is 0.571. The van der Waals surface area contributed by atoms with E-state index in [0.717, 1.165) is 19.8 Å². The van der Waals surface area contributed by atoms with Crippen molar-refractivity contribution in [3.63, 3.8) is 0 Å². The summed E-state index contributed by atoms with van der Waals surface area (Å²) in [5, 5.41) is 18.4. The molecule has 0 aliphatic heterocycles. The van der Waals surface area contributed by atoms with Crippen LogP contribution in [0.2, 0.25) is 0 Å². The summed E-state index contributed by atoms with van der Waals surface area (Å²) in [6, 6.07) is 0. The third-order valence-electron chi connectivity index (χ3n) is 1.06. The number of hydrogen-bond donors (Lipinski definition) is 0. The second-order valence-corrected chi connectivity index (χ2v) is 3.27. The van der Waals surface area contributed by atoms with Gasteiger partial charge in [-0.1, -0.05) is 60.0 Å². The van der Waals surface area contributed by atoms with Crippen molar-refractivity contribution in [1.29, 1.82) is 0 Å². The first-order valence-electron chi connectivity index (χ1n) is 5.83. The average Bonchev–Trinajstić information content (AvgIpc) is 2.29. The number of carboxylic acid groups (broad SMARTS) is 2. The Kier molecular flexibility index (Phi) is 49.8. The molecule has 0 aromatic carbocycles. The molecule has 0 unspecified atom stereocenters. The van der Waals surface area contributed by atoms with Gasteiger partial charge in [0.2, 0.25) is 0 Å². The maximum Gasteiger partial charge on any atom is 2.00 e.